The van der Waals surface area contributed by atoms with Gasteiger partial charge in [0.25, 0.3) is 0 Å². The van der Waals surface area contributed by atoms with Crippen LogP contribution < -0.4 is 5.32 Å². The number of hydrogen-bond donors (Lipinski definition) is 1. The molecule has 58 valence electrons. The first kappa shape index (κ1) is 9.45. The standard InChI is InChI=1S/C8H16N2/c1-7(2)6-10-8(3)4-5-9/h7-8,10H,4,6H2,1-3H3/t8-/m1/s1. The molecule has 0 radical (unpaired) electrons. The molecule has 10 heavy (non-hydrogen) atoms. The largest absolute Gasteiger partial charge is 0.313 e. The smallest absolute Gasteiger partial charge is 0.0638 e. The van der Waals surface area contributed by atoms with Crippen LogP contribution in [0.4, 0.5) is 0 Å². The Hall–Kier alpha value is -0.550. The van der Waals surface area contributed by atoms with E-state index in [2.05, 4.69) is 25.2 Å². The third-order valence-corrected chi connectivity index (χ3v) is 1.27. The van der Waals surface area contributed by atoms with Crippen LogP contribution in [-0.2, 0) is 0 Å². The van der Waals surface area contributed by atoms with E-state index in [0.29, 0.717) is 18.4 Å². The van der Waals surface area contributed by atoms with Crippen molar-refractivity contribution in [2.24, 2.45) is 5.92 Å². The van der Waals surface area contributed by atoms with Gasteiger partial charge < -0.3 is 5.32 Å². The molecule has 0 unspecified atom stereocenters. The van der Waals surface area contributed by atoms with Crippen LogP contribution in [0.15, 0.2) is 0 Å². The number of nitrogens with one attached hydrogen (secondary N) is 1. The lowest BCUT2D eigenvalue weighted by atomic mass is 10.2. The Kier molecular flexibility index (Phi) is 4.96. The van der Waals surface area contributed by atoms with Crippen molar-refractivity contribution < 1.29 is 0 Å². The molecule has 0 saturated heterocycles. The van der Waals surface area contributed by atoms with E-state index in [-0.39, 0.29) is 0 Å². The summed E-state index contributed by atoms with van der Waals surface area (Å²) in [6, 6.07) is 2.47. The summed E-state index contributed by atoms with van der Waals surface area (Å²) in [5.74, 6) is 0.668. The molecule has 0 aromatic heterocycles. The van der Waals surface area contributed by atoms with Crippen LogP contribution in [0.3, 0.4) is 0 Å². The highest BCUT2D eigenvalue weighted by molar-refractivity contribution is 4.77. The molecule has 0 aliphatic rings. The van der Waals surface area contributed by atoms with Gasteiger partial charge in [0.2, 0.25) is 0 Å². The van der Waals surface area contributed by atoms with Crippen molar-refractivity contribution in [1.82, 2.24) is 5.32 Å². The molecular weight excluding hydrogens is 124 g/mol. The molecule has 0 saturated carbocycles. The fourth-order valence-electron chi connectivity index (χ4n) is 0.646. The van der Waals surface area contributed by atoms with Crippen LogP contribution in [-0.4, -0.2) is 12.6 Å². The van der Waals surface area contributed by atoms with Crippen LogP contribution in [0.1, 0.15) is 27.2 Å². The number of rotatable bonds is 4. The highest BCUT2D eigenvalue weighted by Crippen LogP contribution is 1.92. The predicted molar refractivity (Wildman–Crippen MR) is 42.5 cm³/mol. The minimum Gasteiger partial charge on any atom is -0.313 e. The Balaban J connectivity index is 3.23. The van der Waals surface area contributed by atoms with Crippen LogP contribution in [0, 0.1) is 17.2 Å². The lowest BCUT2D eigenvalue weighted by molar-refractivity contribution is 0.488. The molecule has 0 aliphatic heterocycles. The van der Waals surface area contributed by atoms with Gasteiger partial charge in [-0.05, 0) is 19.4 Å². The van der Waals surface area contributed by atoms with E-state index in [1.165, 1.54) is 0 Å². The van der Waals surface area contributed by atoms with E-state index >= 15 is 0 Å². The monoisotopic (exact) mass is 140 g/mol. The third-order valence-electron chi connectivity index (χ3n) is 1.27. The molecule has 0 heterocycles. The third kappa shape index (κ3) is 5.58. The van der Waals surface area contributed by atoms with Gasteiger partial charge in [0.15, 0.2) is 0 Å². The molecule has 2 heteroatoms. The number of hydrogen-bond acceptors (Lipinski definition) is 2. The highest BCUT2D eigenvalue weighted by atomic mass is 14.9. The van der Waals surface area contributed by atoms with Crippen molar-refractivity contribution >= 4 is 0 Å². The fraction of sp³-hybridized carbons (Fsp3) is 0.875. The van der Waals surface area contributed by atoms with Gasteiger partial charge in [0.05, 0.1) is 12.5 Å². The lowest BCUT2D eigenvalue weighted by Gasteiger charge is -2.11. The molecule has 0 fully saturated rings. The van der Waals surface area contributed by atoms with Crippen LogP contribution in [0.2, 0.25) is 0 Å². The summed E-state index contributed by atoms with van der Waals surface area (Å²) in [7, 11) is 0. The molecule has 0 rings (SSSR count). The summed E-state index contributed by atoms with van der Waals surface area (Å²) >= 11 is 0. The second kappa shape index (κ2) is 5.25. The Bertz CT molecular complexity index is 113. The number of nitrogens with zero attached hydrogens (tertiary/aromatic N) is 1. The summed E-state index contributed by atoms with van der Waals surface area (Å²) in [4.78, 5) is 0. The maximum absolute atomic E-state index is 8.31. The first-order chi connectivity index (χ1) is 4.66. The fourth-order valence-corrected chi connectivity index (χ4v) is 0.646. The number of nitriles is 1. The zero-order valence-electron chi connectivity index (χ0n) is 7.02. The van der Waals surface area contributed by atoms with Crippen LogP contribution in [0.5, 0.6) is 0 Å². The lowest BCUT2D eigenvalue weighted by Crippen LogP contribution is -2.29. The molecule has 0 aromatic carbocycles. The van der Waals surface area contributed by atoms with Gasteiger partial charge in [-0.2, -0.15) is 5.26 Å². The quantitative estimate of drug-likeness (QED) is 0.643. The predicted octanol–water partition coefficient (Wildman–Crippen LogP) is 1.53. The van der Waals surface area contributed by atoms with E-state index in [9.17, 15) is 0 Å². The molecule has 0 aromatic rings. The van der Waals surface area contributed by atoms with Gasteiger partial charge in [-0.3, -0.25) is 0 Å². The first-order valence-electron chi connectivity index (χ1n) is 3.77. The van der Waals surface area contributed by atoms with Crippen LogP contribution >= 0.6 is 0 Å². The van der Waals surface area contributed by atoms with Gasteiger partial charge in [0, 0.05) is 6.04 Å². The van der Waals surface area contributed by atoms with Gasteiger partial charge in [-0.15, -0.1) is 0 Å². The molecule has 0 spiro atoms. The molecule has 0 amide bonds. The summed E-state index contributed by atoms with van der Waals surface area (Å²) in [6.07, 6.45) is 0.604. The molecule has 0 aliphatic carbocycles. The SMILES string of the molecule is CC(C)CN[C@H](C)CC#N. The van der Waals surface area contributed by atoms with Gasteiger partial charge in [-0.1, -0.05) is 13.8 Å². The minimum absolute atomic E-state index is 0.340. The molecule has 2 nitrogen and oxygen atoms in total. The van der Waals surface area contributed by atoms with Gasteiger partial charge in [-0.25, -0.2) is 0 Å². The topological polar surface area (TPSA) is 35.8 Å². The molecule has 1 N–H and O–H groups in total. The van der Waals surface area contributed by atoms with Crippen molar-refractivity contribution in [3.8, 4) is 6.07 Å². The van der Waals surface area contributed by atoms with E-state index < -0.39 is 0 Å². The summed E-state index contributed by atoms with van der Waals surface area (Å²) in [5.41, 5.74) is 0. The van der Waals surface area contributed by atoms with Crippen LogP contribution in [0.25, 0.3) is 0 Å². The zero-order valence-corrected chi connectivity index (χ0v) is 7.02. The average Bonchev–Trinajstić information content (AvgIpc) is 1.85. The van der Waals surface area contributed by atoms with Crippen molar-refractivity contribution in [1.29, 1.82) is 5.26 Å². The molecular formula is C8H16N2. The molecule has 0 bridgehead atoms. The second-order valence-electron chi connectivity index (χ2n) is 3.07. The first-order valence-corrected chi connectivity index (χ1v) is 3.77. The summed E-state index contributed by atoms with van der Waals surface area (Å²) in [5, 5.41) is 11.6. The normalized spacial score (nSPS) is 13.1. The van der Waals surface area contributed by atoms with Crippen molar-refractivity contribution in [2.45, 2.75) is 33.2 Å². The Labute approximate surface area is 63.2 Å². The van der Waals surface area contributed by atoms with Crippen molar-refractivity contribution in [2.75, 3.05) is 6.54 Å². The maximum Gasteiger partial charge on any atom is 0.0638 e. The van der Waals surface area contributed by atoms with E-state index in [4.69, 9.17) is 5.26 Å². The van der Waals surface area contributed by atoms with Gasteiger partial charge in [0.1, 0.15) is 0 Å². The Morgan fingerprint density at radius 2 is 2.00 bits per heavy atom. The highest BCUT2D eigenvalue weighted by Gasteiger charge is 1.99. The summed E-state index contributed by atoms with van der Waals surface area (Å²) in [6.45, 7) is 7.35. The average molecular weight is 140 g/mol. The molecule has 1 atom stereocenters. The zero-order chi connectivity index (χ0) is 7.98. The van der Waals surface area contributed by atoms with Crippen molar-refractivity contribution in [3.05, 3.63) is 0 Å². The van der Waals surface area contributed by atoms with Crippen molar-refractivity contribution in [3.63, 3.8) is 0 Å². The second-order valence-corrected chi connectivity index (χ2v) is 3.07. The van der Waals surface area contributed by atoms with E-state index in [0.717, 1.165) is 6.54 Å². The van der Waals surface area contributed by atoms with Gasteiger partial charge >= 0.3 is 0 Å². The summed E-state index contributed by atoms with van der Waals surface area (Å²) < 4.78 is 0. The Morgan fingerprint density at radius 3 is 2.40 bits per heavy atom. The van der Waals surface area contributed by atoms with E-state index in [1.54, 1.807) is 0 Å². The Morgan fingerprint density at radius 1 is 1.40 bits per heavy atom. The minimum atomic E-state index is 0.340. The maximum atomic E-state index is 8.31. The van der Waals surface area contributed by atoms with E-state index in [1.807, 2.05) is 6.92 Å².